The van der Waals surface area contributed by atoms with Crippen LogP contribution in [0, 0.1) is 22.2 Å². The van der Waals surface area contributed by atoms with Crippen molar-refractivity contribution in [2.75, 3.05) is 0 Å². The van der Waals surface area contributed by atoms with E-state index in [4.69, 9.17) is 10.7 Å². The van der Waals surface area contributed by atoms with Crippen LogP contribution >= 0.6 is 0 Å². The van der Waals surface area contributed by atoms with E-state index in [2.05, 4.69) is 34.6 Å². The van der Waals surface area contributed by atoms with E-state index in [1.54, 1.807) is 0 Å². The monoisotopic (exact) mass is 262 g/mol. The molecule has 2 N–H and O–H groups in total. The second-order valence-electron chi connectivity index (χ2n) is 9.58. The smallest absolute Gasteiger partial charge is 0.101 e. The summed E-state index contributed by atoms with van der Waals surface area (Å²) in [6.45, 7) is 11.5. The van der Waals surface area contributed by atoms with Gasteiger partial charge in [0.05, 0.1) is 5.54 Å². The number of hydrogen-bond acceptors (Lipinski definition) is 1. The fourth-order valence-corrected chi connectivity index (χ4v) is 6.21. The molecule has 0 aliphatic heterocycles. The van der Waals surface area contributed by atoms with E-state index in [9.17, 15) is 0 Å². The van der Waals surface area contributed by atoms with Crippen LogP contribution in [0.3, 0.4) is 0 Å². The Labute approximate surface area is 118 Å². The summed E-state index contributed by atoms with van der Waals surface area (Å²) >= 11 is 0. The molecule has 108 valence electrons. The van der Waals surface area contributed by atoms with Crippen LogP contribution in [0.4, 0.5) is 0 Å². The van der Waals surface area contributed by atoms with Crippen LogP contribution < -0.4 is 5.73 Å². The van der Waals surface area contributed by atoms with Crippen molar-refractivity contribution in [1.82, 2.24) is 0 Å². The first-order chi connectivity index (χ1) is 8.53. The zero-order valence-corrected chi connectivity index (χ0v) is 13.3. The van der Waals surface area contributed by atoms with E-state index < -0.39 is 0 Å². The van der Waals surface area contributed by atoms with Crippen LogP contribution in [0.2, 0.25) is 0 Å². The van der Waals surface area contributed by atoms with E-state index in [1.807, 2.05) is 0 Å². The summed E-state index contributed by atoms with van der Waals surface area (Å²) < 4.78 is 0. The van der Waals surface area contributed by atoms with Gasteiger partial charge in [0.1, 0.15) is 5.84 Å². The van der Waals surface area contributed by atoms with E-state index in [0.717, 1.165) is 11.8 Å². The number of amidine groups is 1. The van der Waals surface area contributed by atoms with Gasteiger partial charge in [-0.1, -0.05) is 13.8 Å². The Kier molecular flexibility index (Phi) is 2.52. The molecule has 2 heteroatoms. The highest BCUT2D eigenvalue weighted by atomic mass is 14.9. The molecule has 0 spiro atoms. The van der Waals surface area contributed by atoms with Crippen molar-refractivity contribution in [3.05, 3.63) is 0 Å². The number of aliphatic imine (C=N–C) groups is 1. The Bertz CT molecular complexity index is 411. The van der Waals surface area contributed by atoms with Gasteiger partial charge in [-0.2, -0.15) is 0 Å². The molecule has 0 aromatic heterocycles. The quantitative estimate of drug-likeness (QED) is 0.560. The van der Waals surface area contributed by atoms with Gasteiger partial charge in [0.2, 0.25) is 0 Å². The van der Waals surface area contributed by atoms with Crippen LogP contribution in [-0.2, 0) is 0 Å². The van der Waals surface area contributed by atoms with Crippen molar-refractivity contribution in [2.45, 2.75) is 78.7 Å². The zero-order chi connectivity index (χ0) is 14.1. The minimum Gasteiger partial charge on any atom is -0.387 e. The summed E-state index contributed by atoms with van der Waals surface area (Å²) in [6.07, 6.45) is 8.10. The van der Waals surface area contributed by atoms with Crippen LogP contribution in [-0.4, -0.2) is 11.4 Å². The van der Waals surface area contributed by atoms with Crippen molar-refractivity contribution in [3.63, 3.8) is 0 Å². The maximum atomic E-state index is 6.53. The SMILES string of the molecule is CC12CC3CC(C)(C1)CC(C(N)=NC(C)(C)C)(C3)C2. The average molecular weight is 262 g/mol. The van der Waals surface area contributed by atoms with Gasteiger partial charge in [-0.15, -0.1) is 0 Å². The summed E-state index contributed by atoms with van der Waals surface area (Å²) in [6, 6.07) is 0. The maximum Gasteiger partial charge on any atom is 0.101 e. The van der Waals surface area contributed by atoms with Gasteiger partial charge in [0, 0.05) is 5.41 Å². The molecule has 4 aliphatic rings. The second-order valence-corrected chi connectivity index (χ2v) is 9.58. The molecule has 0 aromatic carbocycles. The summed E-state index contributed by atoms with van der Waals surface area (Å²) in [5, 5.41) is 0. The maximum absolute atomic E-state index is 6.53. The highest BCUT2D eigenvalue weighted by Crippen LogP contribution is 2.69. The molecule has 4 fully saturated rings. The van der Waals surface area contributed by atoms with Crippen LogP contribution in [0.1, 0.15) is 73.1 Å². The third-order valence-corrected chi connectivity index (χ3v) is 5.63. The highest BCUT2D eigenvalue weighted by Gasteiger charge is 2.61. The molecular weight excluding hydrogens is 232 g/mol. The van der Waals surface area contributed by atoms with Crippen molar-refractivity contribution in [3.8, 4) is 0 Å². The molecule has 0 saturated heterocycles. The summed E-state index contributed by atoms with van der Waals surface area (Å²) in [4.78, 5) is 4.86. The number of rotatable bonds is 1. The highest BCUT2D eigenvalue weighted by molar-refractivity contribution is 5.87. The normalized spacial score (nSPS) is 49.7. The Balaban J connectivity index is 1.99. The molecule has 4 rings (SSSR count). The second kappa shape index (κ2) is 3.56. The van der Waals surface area contributed by atoms with Crippen LogP contribution in [0.5, 0.6) is 0 Å². The van der Waals surface area contributed by atoms with Crippen molar-refractivity contribution in [1.29, 1.82) is 0 Å². The fourth-order valence-electron chi connectivity index (χ4n) is 6.21. The molecule has 0 radical (unpaired) electrons. The van der Waals surface area contributed by atoms with Crippen LogP contribution in [0.25, 0.3) is 0 Å². The largest absolute Gasteiger partial charge is 0.387 e. The van der Waals surface area contributed by atoms with E-state index in [1.165, 1.54) is 38.5 Å². The minimum atomic E-state index is -0.0464. The molecule has 19 heavy (non-hydrogen) atoms. The van der Waals surface area contributed by atoms with E-state index >= 15 is 0 Å². The Morgan fingerprint density at radius 1 is 1.00 bits per heavy atom. The Hall–Kier alpha value is -0.530. The zero-order valence-electron chi connectivity index (χ0n) is 13.3. The topological polar surface area (TPSA) is 38.4 Å². The average Bonchev–Trinajstić information content (AvgIpc) is 2.07. The third kappa shape index (κ3) is 2.21. The summed E-state index contributed by atoms with van der Waals surface area (Å²) in [5.41, 5.74) is 7.74. The molecule has 2 unspecified atom stereocenters. The first-order valence-electron chi connectivity index (χ1n) is 7.89. The lowest BCUT2D eigenvalue weighted by Crippen LogP contribution is -2.59. The lowest BCUT2D eigenvalue weighted by molar-refractivity contribution is -0.116. The number of hydrogen-bond donors (Lipinski definition) is 1. The predicted molar refractivity (Wildman–Crippen MR) is 81.2 cm³/mol. The summed E-state index contributed by atoms with van der Waals surface area (Å²) in [5.74, 6) is 1.85. The van der Waals surface area contributed by atoms with Gasteiger partial charge < -0.3 is 5.73 Å². The predicted octanol–water partition coefficient (Wildman–Crippen LogP) is 4.14. The van der Waals surface area contributed by atoms with Crippen LogP contribution in [0.15, 0.2) is 4.99 Å². The number of nitrogens with two attached hydrogens (primary N) is 1. The Morgan fingerprint density at radius 2 is 1.53 bits per heavy atom. The third-order valence-electron chi connectivity index (χ3n) is 5.63. The van der Waals surface area contributed by atoms with Gasteiger partial charge in [-0.05, 0) is 76.0 Å². The fraction of sp³-hybridized carbons (Fsp3) is 0.941. The van der Waals surface area contributed by atoms with Gasteiger partial charge in [-0.25, -0.2) is 0 Å². The minimum absolute atomic E-state index is 0.0464. The van der Waals surface area contributed by atoms with Crippen molar-refractivity contribution < 1.29 is 0 Å². The standard InChI is InChI=1S/C17H30N2/c1-14(2,3)19-13(18)17-8-12-6-15(4,10-17)9-16(5,7-12)11-17/h12H,6-11H2,1-5H3,(H2,18,19). The van der Waals surface area contributed by atoms with Gasteiger partial charge in [0.15, 0.2) is 0 Å². The van der Waals surface area contributed by atoms with Crippen molar-refractivity contribution in [2.24, 2.45) is 32.9 Å². The van der Waals surface area contributed by atoms with E-state index in [0.29, 0.717) is 10.8 Å². The van der Waals surface area contributed by atoms with Gasteiger partial charge in [0.25, 0.3) is 0 Å². The Morgan fingerprint density at radius 3 is 1.95 bits per heavy atom. The summed E-state index contributed by atoms with van der Waals surface area (Å²) in [7, 11) is 0. The van der Waals surface area contributed by atoms with E-state index in [-0.39, 0.29) is 11.0 Å². The first kappa shape index (κ1) is 13.5. The molecule has 2 nitrogen and oxygen atoms in total. The molecule has 4 bridgehead atoms. The first-order valence-corrected chi connectivity index (χ1v) is 7.89. The molecule has 4 saturated carbocycles. The van der Waals surface area contributed by atoms with Gasteiger partial charge >= 0.3 is 0 Å². The molecule has 0 aromatic rings. The number of nitrogens with zero attached hydrogens (tertiary/aromatic N) is 1. The molecule has 4 aliphatic carbocycles. The molecular formula is C17H30N2. The molecule has 0 heterocycles. The van der Waals surface area contributed by atoms with Crippen molar-refractivity contribution >= 4 is 5.84 Å². The van der Waals surface area contributed by atoms with Gasteiger partial charge in [-0.3, -0.25) is 4.99 Å². The lowest BCUT2D eigenvalue weighted by Gasteiger charge is -2.65. The lowest BCUT2D eigenvalue weighted by atomic mass is 9.40. The molecule has 2 atom stereocenters. The molecule has 0 amide bonds.